The van der Waals surface area contributed by atoms with Crippen LogP contribution in [0.3, 0.4) is 0 Å². The molecule has 4 aromatic rings. The average Bonchev–Trinajstić information content (AvgIpc) is 3.14. The van der Waals surface area contributed by atoms with Gasteiger partial charge in [-0.05, 0) is 30.2 Å². The summed E-state index contributed by atoms with van der Waals surface area (Å²) in [4.78, 5) is 4.84. The van der Waals surface area contributed by atoms with Crippen molar-refractivity contribution in [1.29, 1.82) is 0 Å². The second kappa shape index (κ2) is 8.96. The Morgan fingerprint density at radius 2 is 1.88 bits per heavy atom. The van der Waals surface area contributed by atoms with E-state index in [4.69, 9.17) is 14.5 Å². The number of thioether (sulfide) groups is 1. The van der Waals surface area contributed by atoms with Crippen molar-refractivity contribution in [3.05, 3.63) is 89.2 Å². The van der Waals surface area contributed by atoms with Gasteiger partial charge in [-0.25, -0.2) is 9.37 Å². The Bertz CT molecular complexity index is 1240. The van der Waals surface area contributed by atoms with Gasteiger partial charge in [0.15, 0.2) is 5.16 Å². The molecule has 0 saturated heterocycles. The number of halogens is 1. The molecule has 1 aliphatic rings. The molecule has 0 spiro atoms. The van der Waals surface area contributed by atoms with E-state index in [-0.39, 0.29) is 5.82 Å². The normalized spacial score (nSPS) is 15.7. The zero-order valence-electron chi connectivity index (χ0n) is 18.1. The molecule has 1 aliphatic heterocycles. The van der Waals surface area contributed by atoms with Crippen LogP contribution in [0.4, 0.5) is 4.39 Å². The third-order valence-corrected chi connectivity index (χ3v) is 6.44. The number of fused-ring (bicyclic) bond motifs is 2. The summed E-state index contributed by atoms with van der Waals surface area (Å²) in [6, 6.07) is 21.1. The minimum atomic E-state index is -0.497. The Morgan fingerprint density at radius 1 is 1.09 bits per heavy atom. The summed E-state index contributed by atoms with van der Waals surface area (Å²) in [7, 11) is 0. The van der Waals surface area contributed by atoms with Gasteiger partial charge in [0.2, 0.25) is 6.29 Å². The highest BCUT2D eigenvalue weighted by Gasteiger charge is 2.25. The van der Waals surface area contributed by atoms with Crippen molar-refractivity contribution in [2.45, 2.75) is 44.2 Å². The Labute approximate surface area is 191 Å². The topological polar surface area (TPSA) is 36.3 Å². The molecule has 0 aliphatic carbocycles. The number of aromatic nitrogens is 2. The molecule has 2 heterocycles. The van der Waals surface area contributed by atoms with Crippen LogP contribution in [0.1, 0.15) is 36.8 Å². The second-order valence-electron chi connectivity index (χ2n) is 8.40. The van der Waals surface area contributed by atoms with Crippen LogP contribution in [0.5, 0.6) is 5.75 Å². The molecule has 0 amide bonds. The maximum Gasteiger partial charge on any atom is 0.227 e. The molecule has 164 valence electrons. The zero-order chi connectivity index (χ0) is 22.1. The fourth-order valence-corrected chi connectivity index (χ4v) is 5.00. The summed E-state index contributed by atoms with van der Waals surface area (Å²) in [6.07, 6.45) is -0.497. The SMILES string of the molecule is CC(C)Cn1c(SCc2cc(F)cc3c2O[C@@H](c2ccccc2)OC3)nc2ccccc21. The van der Waals surface area contributed by atoms with Crippen molar-refractivity contribution in [2.75, 3.05) is 0 Å². The number of rotatable bonds is 6. The Balaban J connectivity index is 1.44. The zero-order valence-corrected chi connectivity index (χ0v) is 18.9. The van der Waals surface area contributed by atoms with E-state index < -0.39 is 6.29 Å². The molecule has 0 bridgehead atoms. The number of ether oxygens (including phenoxy) is 2. The van der Waals surface area contributed by atoms with Crippen molar-refractivity contribution in [3.63, 3.8) is 0 Å². The van der Waals surface area contributed by atoms with Crippen molar-refractivity contribution in [3.8, 4) is 5.75 Å². The van der Waals surface area contributed by atoms with E-state index in [9.17, 15) is 4.39 Å². The molecule has 1 aromatic heterocycles. The summed E-state index contributed by atoms with van der Waals surface area (Å²) in [5.74, 6) is 1.48. The van der Waals surface area contributed by atoms with Crippen molar-refractivity contribution < 1.29 is 13.9 Å². The van der Waals surface area contributed by atoms with Crippen molar-refractivity contribution in [1.82, 2.24) is 9.55 Å². The standard InChI is InChI=1S/C26H25FN2O2S/c1-17(2)14-29-23-11-7-6-10-22(23)28-26(29)32-16-20-13-21(27)12-19-15-30-25(31-24(19)20)18-8-4-3-5-9-18/h3-13,17,25H,14-16H2,1-2H3/t25-/m0/s1. The largest absolute Gasteiger partial charge is 0.460 e. The number of imidazole rings is 1. The highest BCUT2D eigenvalue weighted by Crippen LogP contribution is 2.39. The number of nitrogens with zero attached hydrogens (tertiary/aromatic N) is 2. The van der Waals surface area contributed by atoms with Crippen molar-refractivity contribution in [2.24, 2.45) is 5.92 Å². The molecule has 0 N–H and O–H groups in total. The van der Waals surface area contributed by atoms with Gasteiger partial charge in [-0.2, -0.15) is 0 Å². The van der Waals surface area contributed by atoms with Gasteiger partial charge in [0.25, 0.3) is 0 Å². The summed E-state index contributed by atoms with van der Waals surface area (Å²) in [5, 5.41) is 0.935. The maximum absolute atomic E-state index is 14.4. The van der Waals surface area contributed by atoms with Crippen LogP contribution in [0.25, 0.3) is 11.0 Å². The van der Waals surface area contributed by atoms with E-state index in [1.54, 1.807) is 17.8 Å². The lowest BCUT2D eigenvalue weighted by atomic mass is 10.1. The first-order valence-corrected chi connectivity index (χ1v) is 11.8. The van der Waals surface area contributed by atoms with Crippen LogP contribution >= 0.6 is 11.8 Å². The lowest BCUT2D eigenvalue weighted by Gasteiger charge is -2.28. The molecule has 4 nitrogen and oxygen atoms in total. The van der Waals surface area contributed by atoms with E-state index in [0.29, 0.717) is 24.0 Å². The van der Waals surface area contributed by atoms with Crippen LogP contribution in [-0.4, -0.2) is 9.55 Å². The summed E-state index contributed by atoms with van der Waals surface area (Å²) >= 11 is 1.61. The Morgan fingerprint density at radius 3 is 2.69 bits per heavy atom. The van der Waals surface area contributed by atoms with Gasteiger partial charge in [0.05, 0.1) is 17.6 Å². The summed E-state index contributed by atoms with van der Waals surface area (Å²) in [5.41, 5.74) is 4.60. The first-order chi connectivity index (χ1) is 15.6. The molecular weight excluding hydrogens is 423 g/mol. The lowest BCUT2D eigenvalue weighted by molar-refractivity contribution is -0.112. The first kappa shape index (κ1) is 21.0. The minimum absolute atomic E-state index is 0.277. The molecule has 5 rings (SSSR count). The molecule has 6 heteroatoms. The van der Waals surface area contributed by atoms with E-state index in [1.165, 1.54) is 6.07 Å². The fourth-order valence-electron chi connectivity index (χ4n) is 4.01. The van der Waals surface area contributed by atoms with Gasteiger partial charge in [0.1, 0.15) is 11.6 Å². The van der Waals surface area contributed by atoms with Gasteiger partial charge < -0.3 is 14.0 Å². The lowest BCUT2D eigenvalue weighted by Crippen LogP contribution is -2.19. The van der Waals surface area contributed by atoms with Crippen molar-refractivity contribution >= 4 is 22.8 Å². The Kier molecular flexibility index (Phi) is 5.89. The number of benzene rings is 3. The number of para-hydroxylation sites is 2. The van der Waals surface area contributed by atoms with Crippen LogP contribution in [0.15, 0.2) is 71.9 Å². The third-order valence-electron chi connectivity index (χ3n) is 5.42. The maximum atomic E-state index is 14.4. The highest BCUT2D eigenvalue weighted by atomic mass is 32.2. The first-order valence-electron chi connectivity index (χ1n) is 10.8. The quantitative estimate of drug-likeness (QED) is 0.306. The monoisotopic (exact) mass is 448 g/mol. The summed E-state index contributed by atoms with van der Waals surface area (Å²) in [6.45, 7) is 5.59. The average molecular weight is 449 g/mol. The van der Waals surface area contributed by atoms with Crippen LogP contribution in [0.2, 0.25) is 0 Å². The van der Waals surface area contributed by atoms with Gasteiger partial charge in [0, 0.05) is 29.0 Å². The predicted octanol–water partition coefficient (Wildman–Crippen LogP) is 6.73. The second-order valence-corrected chi connectivity index (χ2v) is 9.34. The van der Waals surface area contributed by atoms with E-state index >= 15 is 0 Å². The van der Waals surface area contributed by atoms with Crippen LogP contribution < -0.4 is 4.74 Å². The fraction of sp³-hybridized carbons (Fsp3) is 0.269. The van der Waals surface area contributed by atoms with Gasteiger partial charge in [-0.3, -0.25) is 0 Å². The Hall–Kier alpha value is -2.83. The van der Waals surface area contributed by atoms with Crippen LogP contribution in [-0.2, 0) is 23.6 Å². The molecule has 0 radical (unpaired) electrons. The molecular formula is C26H25FN2O2S. The molecule has 3 aromatic carbocycles. The smallest absolute Gasteiger partial charge is 0.227 e. The third kappa shape index (κ3) is 4.25. The van der Waals surface area contributed by atoms with Crippen LogP contribution in [0, 0.1) is 11.7 Å². The predicted molar refractivity (Wildman–Crippen MR) is 125 cm³/mol. The van der Waals surface area contributed by atoms with E-state index in [2.05, 4.69) is 24.5 Å². The minimum Gasteiger partial charge on any atom is -0.460 e. The number of hydrogen-bond acceptors (Lipinski definition) is 4. The molecule has 0 fully saturated rings. The molecule has 0 saturated carbocycles. The van der Waals surface area contributed by atoms with Gasteiger partial charge in [-0.15, -0.1) is 0 Å². The molecule has 1 atom stereocenters. The number of hydrogen-bond donors (Lipinski definition) is 0. The van der Waals surface area contributed by atoms with Gasteiger partial charge >= 0.3 is 0 Å². The summed E-state index contributed by atoms with van der Waals surface area (Å²) < 4.78 is 28.7. The van der Waals surface area contributed by atoms with E-state index in [1.807, 2.05) is 48.5 Å². The molecule has 32 heavy (non-hydrogen) atoms. The molecule has 0 unspecified atom stereocenters. The highest BCUT2D eigenvalue weighted by molar-refractivity contribution is 7.98. The van der Waals surface area contributed by atoms with E-state index in [0.717, 1.165) is 39.4 Å². The van der Waals surface area contributed by atoms with Gasteiger partial charge in [-0.1, -0.05) is 68.1 Å².